The normalized spacial score (nSPS) is 14.0. The van der Waals surface area contributed by atoms with Crippen molar-refractivity contribution in [1.29, 1.82) is 5.26 Å². The highest BCUT2D eigenvalue weighted by molar-refractivity contribution is 6.30. The van der Waals surface area contributed by atoms with Crippen LogP contribution in [-0.4, -0.2) is 13.1 Å². The number of nitrogens with zero attached hydrogens (tertiary/aromatic N) is 1. The Morgan fingerprint density at radius 2 is 1.61 bits per heavy atom. The van der Waals surface area contributed by atoms with Crippen LogP contribution in [0, 0.1) is 11.3 Å². The largest absolute Gasteiger partial charge is 0.493 e. The van der Waals surface area contributed by atoms with E-state index in [0.29, 0.717) is 39.5 Å². The lowest BCUT2D eigenvalue weighted by Gasteiger charge is -2.27. The molecule has 2 N–H and O–H groups in total. The Morgan fingerprint density at radius 3 is 2.27 bits per heavy atom. The number of halogens is 2. The summed E-state index contributed by atoms with van der Waals surface area (Å²) in [7, 11) is 1.55. The van der Waals surface area contributed by atoms with E-state index >= 15 is 0 Å². The topological polar surface area (TPSA) is 104 Å². The molecule has 1 aliphatic heterocycles. The molecule has 4 aromatic rings. The Kier molecular flexibility index (Phi) is 8.34. The van der Waals surface area contributed by atoms with Crippen molar-refractivity contribution in [2.45, 2.75) is 18.9 Å². The number of carbonyl (C=O) groups excluding carboxylic acids is 1. The van der Waals surface area contributed by atoms with Crippen LogP contribution in [0.1, 0.15) is 28.2 Å². The Balaban J connectivity index is 1.39. The fraction of sp³-hybridized carbons (Fsp3) is 0.125. The van der Waals surface area contributed by atoms with Crippen LogP contribution in [0.2, 0.25) is 10.0 Å². The second kappa shape index (κ2) is 12.3. The Bertz CT molecular complexity index is 1660. The molecule has 0 saturated heterocycles. The minimum atomic E-state index is -0.540. The number of benzene rings is 4. The second-order valence-corrected chi connectivity index (χ2v) is 10.1. The summed E-state index contributed by atoms with van der Waals surface area (Å²) >= 11 is 11.9. The lowest BCUT2D eigenvalue weighted by Crippen LogP contribution is -2.21. The van der Waals surface area contributed by atoms with E-state index in [2.05, 4.69) is 6.07 Å². The van der Waals surface area contributed by atoms with Gasteiger partial charge in [0, 0.05) is 21.7 Å². The molecule has 0 saturated carbocycles. The first-order valence-electron chi connectivity index (χ1n) is 12.6. The molecule has 41 heavy (non-hydrogen) atoms. The molecule has 0 spiro atoms. The number of carbonyl (C=O) groups is 1. The Labute approximate surface area is 247 Å². The molecule has 0 fully saturated rings. The highest BCUT2D eigenvalue weighted by Crippen LogP contribution is 2.45. The molecule has 206 valence electrons. The predicted octanol–water partition coefficient (Wildman–Crippen LogP) is 6.95. The minimum Gasteiger partial charge on any atom is -0.493 e. The summed E-state index contributed by atoms with van der Waals surface area (Å²) in [5.74, 6) is 0.687. The molecule has 7 nitrogen and oxygen atoms in total. The molecule has 5 rings (SSSR count). The molecule has 9 heteroatoms. The number of fused-ring (bicyclic) bond motifs is 1. The van der Waals surface area contributed by atoms with Crippen LogP contribution in [0.5, 0.6) is 23.0 Å². The van der Waals surface area contributed by atoms with Crippen molar-refractivity contribution in [2.75, 3.05) is 7.11 Å². The summed E-state index contributed by atoms with van der Waals surface area (Å²) in [4.78, 5) is 12.5. The second-order valence-electron chi connectivity index (χ2n) is 9.23. The number of allylic oxidation sites excluding steroid dienone is 1. The van der Waals surface area contributed by atoms with Crippen molar-refractivity contribution >= 4 is 29.2 Å². The van der Waals surface area contributed by atoms with Crippen LogP contribution in [-0.2, 0) is 17.8 Å². The van der Waals surface area contributed by atoms with E-state index in [1.165, 1.54) is 0 Å². The molecule has 4 aromatic carbocycles. The number of nitrogens with two attached hydrogens (primary N) is 1. The molecule has 1 atom stereocenters. The highest BCUT2D eigenvalue weighted by atomic mass is 35.5. The molecule has 1 aliphatic rings. The molecule has 1 heterocycles. The van der Waals surface area contributed by atoms with Crippen LogP contribution in [0.4, 0.5) is 0 Å². The third-order valence-corrected chi connectivity index (χ3v) is 7.02. The first kappa shape index (κ1) is 27.9. The van der Waals surface area contributed by atoms with Crippen molar-refractivity contribution in [2.24, 2.45) is 5.73 Å². The van der Waals surface area contributed by atoms with Gasteiger partial charge in [-0.1, -0.05) is 59.6 Å². The van der Waals surface area contributed by atoms with Gasteiger partial charge in [0.1, 0.15) is 29.7 Å². The maximum Gasteiger partial charge on any atom is 0.315 e. The van der Waals surface area contributed by atoms with Gasteiger partial charge in [0.2, 0.25) is 5.88 Å². The van der Waals surface area contributed by atoms with Gasteiger partial charge in [-0.2, -0.15) is 5.26 Å². The first-order chi connectivity index (χ1) is 19.8. The molecule has 0 amide bonds. The highest BCUT2D eigenvalue weighted by Gasteiger charge is 2.32. The third kappa shape index (κ3) is 6.41. The van der Waals surface area contributed by atoms with E-state index in [9.17, 15) is 10.1 Å². The zero-order chi connectivity index (χ0) is 28.9. The fourth-order valence-electron chi connectivity index (χ4n) is 4.50. The molecule has 1 unspecified atom stereocenters. The van der Waals surface area contributed by atoms with E-state index in [1.54, 1.807) is 67.8 Å². The van der Waals surface area contributed by atoms with Crippen molar-refractivity contribution in [3.8, 4) is 29.1 Å². The van der Waals surface area contributed by atoms with E-state index < -0.39 is 11.9 Å². The third-order valence-electron chi connectivity index (χ3n) is 6.51. The average Bonchev–Trinajstić information content (AvgIpc) is 2.97. The standard InChI is InChI=1S/C32H24Cl2N2O5/c1-38-29-15-21(6-13-27(29)39-18-20-4-9-23(34)10-5-20)31-25-12-11-24(16-28(25)41-32(36)26(31)17-35)40-30(37)14-19-2-7-22(33)8-3-19/h2-13,15-16,31H,14,18,36H2,1H3. The summed E-state index contributed by atoms with van der Waals surface area (Å²) in [6.45, 7) is 0.322. The van der Waals surface area contributed by atoms with Crippen LogP contribution in [0.15, 0.2) is 96.4 Å². The molecule has 0 radical (unpaired) electrons. The number of hydrogen-bond acceptors (Lipinski definition) is 7. The number of ether oxygens (including phenoxy) is 4. The van der Waals surface area contributed by atoms with Gasteiger partial charge in [0.05, 0.1) is 19.4 Å². The van der Waals surface area contributed by atoms with Crippen molar-refractivity contribution < 1.29 is 23.7 Å². The molecule has 0 bridgehead atoms. The van der Waals surface area contributed by atoms with Gasteiger partial charge in [0.25, 0.3) is 0 Å². The first-order valence-corrected chi connectivity index (χ1v) is 13.3. The van der Waals surface area contributed by atoms with Crippen molar-refractivity contribution in [1.82, 2.24) is 0 Å². The minimum absolute atomic E-state index is 0.0309. The zero-order valence-corrected chi connectivity index (χ0v) is 23.4. The molecule has 0 aliphatic carbocycles. The summed E-state index contributed by atoms with van der Waals surface area (Å²) in [6, 6.07) is 27.0. The van der Waals surface area contributed by atoms with Gasteiger partial charge in [-0.05, 0) is 59.2 Å². The van der Waals surface area contributed by atoms with Gasteiger partial charge < -0.3 is 24.7 Å². The van der Waals surface area contributed by atoms with Gasteiger partial charge in [0.15, 0.2) is 11.5 Å². The van der Waals surface area contributed by atoms with Crippen LogP contribution in [0.3, 0.4) is 0 Å². The van der Waals surface area contributed by atoms with Crippen molar-refractivity contribution in [3.05, 3.63) is 129 Å². The summed E-state index contributed by atoms with van der Waals surface area (Å²) in [5, 5.41) is 11.2. The molecular weight excluding hydrogens is 563 g/mol. The predicted molar refractivity (Wildman–Crippen MR) is 155 cm³/mol. The summed E-state index contributed by atoms with van der Waals surface area (Å²) < 4.78 is 22.9. The zero-order valence-electron chi connectivity index (χ0n) is 21.9. The van der Waals surface area contributed by atoms with Crippen LogP contribution >= 0.6 is 23.2 Å². The summed E-state index contributed by atoms with van der Waals surface area (Å²) in [5.41, 5.74) is 9.58. The Hall–Kier alpha value is -4.64. The number of esters is 1. The van der Waals surface area contributed by atoms with Gasteiger partial charge in [-0.15, -0.1) is 0 Å². The maximum absolute atomic E-state index is 12.5. The maximum atomic E-state index is 12.5. The van der Waals surface area contributed by atoms with E-state index in [-0.39, 0.29) is 23.6 Å². The average molecular weight is 587 g/mol. The number of rotatable bonds is 8. The fourth-order valence-corrected chi connectivity index (χ4v) is 4.76. The molecular formula is C32H24Cl2N2O5. The van der Waals surface area contributed by atoms with Crippen LogP contribution in [0.25, 0.3) is 0 Å². The van der Waals surface area contributed by atoms with E-state index in [0.717, 1.165) is 16.7 Å². The van der Waals surface area contributed by atoms with Gasteiger partial charge in [-0.25, -0.2) is 0 Å². The van der Waals surface area contributed by atoms with Gasteiger partial charge in [-0.3, -0.25) is 4.79 Å². The van der Waals surface area contributed by atoms with E-state index in [1.807, 2.05) is 24.3 Å². The van der Waals surface area contributed by atoms with Crippen molar-refractivity contribution in [3.63, 3.8) is 0 Å². The monoisotopic (exact) mass is 586 g/mol. The SMILES string of the molecule is COc1cc(C2C(C#N)=C(N)Oc3cc(OC(=O)Cc4ccc(Cl)cc4)ccc32)ccc1OCc1ccc(Cl)cc1. The molecule has 0 aromatic heterocycles. The number of nitriles is 1. The lowest BCUT2D eigenvalue weighted by atomic mass is 9.83. The number of hydrogen-bond donors (Lipinski definition) is 1. The lowest BCUT2D eigenvalue weighted by molar-refractivity contribution is -0.133. The smallest absolute Gasteiger partial charge is 0.315 e. The summed E-state index contributed by atoms with van der Waals surface area (Å²) in [6.07, 6.45) is 0.0740. The van der Waals surface area contributed by atoms with E-state index in [4.69, 9.17) is 47.9 Å². The van der Waals surface area contributed by atoms with Crippen LogP contribution < -0.4 is 24.7 Å². The quantitative estimate of drug-likeness (QED) is 0.176. The Morgan fingerprint density at radius 1 is 0.927 bits per heavy atom. The van der Waals surface area contributed by atoms with Gasteiger partial charge >= 0.3 is 5.97 Å². The number of methoxy groups -OCH3 is 1.